The Labute approximate surface area is 155 Å². The Balaban J connectivity index is 1.43. The van der Waals surface area contributed by atoms with Gasteiger partial charge in [-0.05, 0) is 50.7 Å². The van der Waals surface area contributed by atoms with E-state index in [-0.39, 0.29) is 17.4 Å². The van der Waals surface area contributed by atoms with Gasteiger partial charge in [0.25, 0.3) is 0 Å². The highest BCUT2D eigenvalue weighted by molar-refractivity contribution is 5.93. The van der Waals surface area contributed by atoms with Crippen molar-refractivity contribution in [1.82, 2.24) is 9.88 Å². The molecule has 3 aliphatic rings. The first-order chi connectivity index (χ1) is 12.8. The lowest BCUT2D eigenvalue weighted by atomic mass is 9.73. The molecule has 2 saturated heterocycles. The van der Waals surface area contributed by atoms with E-state index >= 15 is 0 Å². The first-order valence-corrected chi connectivity index (χ1v) is 9.84. The van der Waals surface area contributed by atoms with Gasteiger partial charge in [-0.25, -0.2) is 0 Å². The number of carbonyl (C=O) groups excluding carboxylic acids is 1. The molecule has 0 spiro atoms. The van der Waals surface area contributed by atoms with Crippen molar-refractivity contribution in [2.45, 2.75) is 51.2 Å². The van der Waals surface area contributed by atoms with Crippen LogP contribution in [0.5, 0.6) is 0 Å². The third-order valence-corrected chi connectivity index (χ3v) is 5.96. The molecular formula is C21H28N2O3. The molecule has 140 valence electrons. The Morgan fingerprint density at radius 3 is 3.15 bits per heavy atom. The summed E-state index contributed by atoms with van der Waals surface area (Å²) in [5, 5.41) is 0. The number of piperidine rings is 1. The van der Waals surface area contributed by atoms with Crippen LogP contribution in [0.15, 0.2) is 36.0 Å². The zero-order chi connectivity index (χ0) is 17.8. The van der Waals surface area contributed by atoms with Crippen LogP contribution >= 0.6 is 0 Å². The predicted molar refractivity (Wildman–Crippen MR) is 98.4 cm³/mol. The number of nitrogens with zero attached hydrogens (tertiary/aromatic N) is 2. The number of hydrogen-bond acceptors (Lipinski definition) is 4. The van der Waals surface area contributed by atoms with Crippen LogP contribution in [0.1, 0.15) is 44.2 Å². The van der Waals surface area contributed by atoms with Crippen LogP contribution in [0.3, 0.4) is 0 Å². The Bertz CT molecular complexity index is 660. The molecule has 5 heteroatoms. The standard InChI is InChI=1S/C21H28N2O3/c24-20(17-6-1-2-7-17)23-12-9-19-21(15-23,10-5-13-26-19)16-25-14-18-8-3-4-11-22-18/h3-4,6,8,11,19H,1-2,5,7,9-10,12-16H2/t19-,21-/m1/s1. The number of ether oxygens (including phenoxy) is 2. The first kappa shape index (κ1) is 17.7. The summed E-state index contributed by atoms with van der Waals surface area (Å²) in [6, 6.07) is 5.87. The van der Waals surface area contributed by atoms with Gasteiger partial charge in [-0.15, -0.1) is 0 Å². The zero-order valence-electron chi connectivity index (χ0n) is 15.4. The topological polar surface area (TPSA) is 51.7 Å². The molecule has 2 fully saturated rings. The molecule has 1 aromatic heterocycles. The van der Waals surface area contributed by atoms with Gasteiger partial charge >= 0.3 is 0 Å². The normalized spacial score (nSPS) is 28.5. The number of amides is 1. The van der Waals surface area contributed by atoms with E-state index in [9.17, 15) is 4.79 Å². The summed E-state index contributed by atoms with van der Waals surface area (Å²) in [6.07, 6.45) is 10.2. The third-order valence-electron chi connectivity index (χ3n) is 5.96. The van der Waals surface area contributed by atoms with Gasteiger partial charge in [-0.3, -0.25) is 9.78 Å². The van der Waals surface area contributed by atoms with Crippen molar-refractivity contribution in [2.75, 3.05) is 26.3 Å². The van der Waals surface area contributed by atoms with Crippen LogP contribution in [0.4, 0.5) is 0 Å². The summed E-state index contributed by atoms with van der Waals surface area (Å²) in [5.74, 6) is 0.232. The number of carbonyl (C=O) groups is 1. The highest BCUT2D eigenvalue weighted by Gasteiger charge is 2.47. The molecule has 0 saturated carbocycles. The van der Waals surface area contributed by atoms with Gasteiger partial charge in [0, 0.05) is 36.9 Å². The van der Waals surface area contributed by atoms with Gasteiger partial charge in [-0.2, -0.15) is 0 Å². The van der Waals surface area contributed by atoms with Crippen molar-refractivity contribution in [3.8, 4) is 0 Å². The number of likely N-dealkylation sites (tertiary alicyclic amines) is 1. The molecule has 0 bridgehead atoms. The second kappa shape index (κ2) is 7.89. The molecule has 1 amide bonds. The monoisotopic (exact) mass is 356 g/mol. The molecule has 26 heavy (non-hydrogen) atoms. The number of aromatic nitrogens is 1. The molecule has 4 rings (SSSR count). The Morgan fingerprint density at radius 2 is 2.35 bits per heavy atom. The van der Waals surface area contributed by atoms with Gasteiger partial charge in [0.15, 0.2) is 0 Å². The number of hydrogen-bond donors (Lipinski definition) is 0. The molecule has 1 aliphatic carbocycles. The minimum absolute atomic E-state index is 0.0832. The summed E-state index contributed by atoms with van der Waals surface area (Å²) < 4.78 is 12.2. The molecule has 2 aliphatic heterocycles. The average molecular weight is 356 g/mol. The van der Waals surface area contributed by atoms with Crippen molar-refractivity contribution >= 4 is 5.91 Å². The predicted octanol–water partition coefficient (Wildman–Crippen LogP) is 3.11. The highest BCUT2D eigenvalue weighted by Crippen LogP contribution is 2.41. The molecule has 0 radical (unpaired) electrons. The maximum Gasteiger partial charge on any atom is 0.249 e. The van der Waals surface area contributed by atoms with Gasteiger partial charge in [-0.1, -0.05) is 12.1 Å². The lowest BCUT2D eigenvalue weighted by Crippen LogP contribution is -2.58. The van der Waals surface area contributed by atoms with E-state index in [1.165, 1.54) is 0 Å². The van der Waals surface area contributed by atoms with E-state index in [0.717, 1.165) is 69.5 Å². The molecule has 0 N–H and O–H groups in total. The molecule has 0 aromatic carbocycles. The van der Waals surface area contributed by atoms with Crippen LogP contribution in [0, 0.1) is 5.41 Å². The summed E-state index contributed by atoms with van der Waals surface area (Å²) in [4.78, 5) is 19.3. The van der Waals surface area contributed by atoms with Crippen LogP contribution in [0.2, 0.25) is 0 Å². The van der Waals surface area contributed by atoms with Gasteiger partial charge in [0.05, 0.1) is 25.0 Å². The zero-order valence-corrected chi connectivity index (χ0v) is 15.4. The number of rotatable bonds is 5. The van der Waals surface area contributed by atoms with Crippen LogP contribution in [-0.2, 0) is 20.9 Å². The van der Waals surface area contributed by atoms with Crippen LogP contribution < -0.4 is 0 Å². The second-order valence-corrected chi connectivity index (χ2v) is 7.78. The van der Waals surface area contributed by atoms with E-state index in [1.807, 2.05) is 23.1 Å². The molecule has 2 atom stereocenters. The van der Waals surface area contributed by atoms with Crippen molar-refractivity contribution in [2.24, 2.45) is 5.41 Å². The summed E-state index contributed by atoms with van der Waals surface area (Å²) in [6.45, 7) is 3.50. The first-order valence-electron chi connectivity index (χ1n) is 9.84. The molecule has 1 aromatic rings. The van der Waals surface area contributed by atoms with Crippen molar-refractivity contribution < 1.29 is 14.3 Å². The maximum absolute atomic E-state index is 12.9. The largest absolute Gasteiger partial charge is 0.377 e. The number of fused-ring (bicyclic) bond motifs is 1. The Hall–Kier alpha value is -1.72. The van der Waals surface area contributed by atoms with Crippen molar-refractivity contribution in [1.29, 1.82) is 0 Å². The fourth-order valence-corrected chi connectivity index (χ4v) is 4.58. The van der Waals surface area contributed by atoms with Crippen LogP contribution in [0.25, 0.3) is 0 Å². The third kappa shape index (κ3) is 3.69. The van der Waals surface area contributed by atoms with Crippen molar-refractivity contribution in [3.05, 3.63) is 41.7 Å². The number of allylic oxidation sites excluding steroid dienone is 1. The lowest BCUT2D eigenvalue weighted by Gasteiger charge is -2.50. The SMILES string of the molecule is O=C(C1=CCCC1)N1CC[C@H]2OCCC[C@]2(COCc2ccccn2)C1. The summed E-state index contributed by atoms with van der Waals surface area (Å²) in [7, 11) is 0. The van der Waals surface area contributed by atoms with E-state index in [4.69, 9.17) is 9.47 Å². The highest BCUT2D eigenvalue weighted by atomic mass is 16.5. The lowest BCUT2D eigenvalue weighted by molar-refractivity contribution is -0.164. The fourth-order valence-electron chi connectivity index (χ4n) is 4.58. The number of pyridine rings is 1. The van der Waals surface area contributed by atoms with Gasteiger partial charge in [0.2, 0.25) is 5.91 Å². The van der Waals surface area contributed by atoms with E-state index in [0.29, 0.717) is 13.2 Å². The van der Waals surface area contributed by atoms with E-state index < -0.39 is 0 Å². The quantitative estimate of drug-likeness (QED) is 0.813. The minimum atomic E-state index is -0.0832. The molecular weight excluding hydrogens is 328 g/mol. The van der Waals surface area contributed by atoms with Gasteiger partial charge < -0.3 is 14.4 Å². The van der Waals surface area contributed by atoms with E-state index in [2.05, 4.69) is 11.1 Å². The molecule has 5 nitrogen and oxygen atoms in total. The summed E-state index contributed by atoms with van der Waals surface area (Å²) >= 11 is 0. The summed E-state index contributed by atoms with van der Waals surface area (Å²) in [5.41, 5.74) is 1.86. The Kier molecular flexibility index (Phi) is 5.36. The second-order valence-electron chi connectivity index (χ2n) is 7.78. The Morgan fingerprint density at radius 1 is 1.38 bits per heavy atom. The minimum Gasteiger partial charge on any atom is -0.377 e. The smallest absolute Gasteiger partial charge is 0.249 e. The van der Waals surface area contributed by atoms with Gasteiger partial charge in [0.1, 0.15) is 0 Å². The van der Waals surface area contributed by atoms with E-state index in [1.54, 1.807) is 6.20 Å². The average Bonchev–Trinajstić information content (AvgIpc) is 3.22. The fraction of sp³-hybridized carbons (Fsp3) is 0.619. The van der Waals surface area contributed by atoms with Crippen LogP contribution in [-0.4, -0.2) is 48.2 Å². The maximum atomic E-state index is 12.9. The van der Waals surface area contributed by atoms with Crippen molar-refractivity contribution in [3.63, 3.8) is 0 Å². The molecule has 0 unspecified atom stereocenters. The molecule has 3 heterocycles.